The van der Waals surface area contributed by atoms with Gasteiger partial charge in [-0.05, 0) is 18.4 Å². The van der Waals surface area contributed by atoms with Crippen molar-refractivity contribution in [1.82, 2.24) is 0 Å². The van der Waals surface area contributed by atoms with Crippen LogP contribution in [0, 0.1) is 6.07 Å². The van der Waals surface area contributed by atoms with Gasteiger partial charge in [0, 0.05) is 25.3 Å². The van der Waals surface area contributed by atoms with Gasteiger partial charge in [0.15, 0.2) is 0 Å². The van der Waals surface area contributed by atoms with Crippen LogP contribution in [0.5, 0.6) is 0 Å². The zero-order chi connectivity index (χ0) is 7.68. The third-order valence-corrected chi connectivity index (χ3v) is 2.24. The van der Waals surface area contributed by atoms with Crippen LogP contribution in [0.15, 0.2) is 18.2 Å². The van der Waals surface area contributed by atoms with E-state index < -0.39 is 0 Å². The molecule has 0 unspecified atom stereocenters. The zero-order valence-electron chi connectivity index (χ0n) is 6.80. The number of aryl methyl sites for hydroxylation is 1. The first-order chi connectivity index (χ1) is 5.38. The molecule has 0 N–H and O–H groups in total. The van der Waals surface area contributed by atoms with E-state index in [1.54, 1.807) is 0 Å². The van der Waals surface area contributed by atoms with Crippen molar-refractivity contribution in [2.24, 2.45) is 0 Å². The molecule has 1 aromatic carbocycles. The highest BCUT2D eigenvalue weighted by Gasteiger charge is 2.11. The molecule has 0 bridgehead atoms. The second kappa shape index (κ2) is 2.57. The van der Waals surface area contributed by atoms with Crippen molar-refractivity contribution >= 4 is 5.69 Å². The summed E-state index contributed by atoms with van der Waals surface area (Å²) in [7, 11) is 2.13. The largest absolute Gasteiger partial charge is 0.374 e. The number of hydrogen-bond donors (Lipinski definition) is 0. The highest BCUT2D eigenvalue weighted by atomic mass is 15.1. The molecule has 11 heavy (non-hydrogen) atoms. The van der Waals surface area contributed by atoms with Gasteiger partial charge in [-0.15, -0.1) is 0 Å². The lowest BCUT2D eigenvalue weighted by atomic mass is 10.0. The Balaban J connectivity index is 2.44. The van der Waals surface area contributed by atoms with Crippen LogP contribution < -0.4 is 4.90 Å². The molecule has 1 nitrogen and oxygen atoms in total. The molecule has 57 valence electrons. The van der Waals surface area contributed by atoms with Gasteiger partial charge in [0.05, 0.1) is 0 Å². The van der Waals surface area contributed by atoms with E-state index in [4.69, 9.17) is 0 Å². The molecule has 0 spiro atoms. The van der Waals surface area contributed by atoms with Gasteiger partial charge >= 0.3 is 0 Å². The molecule has 1 heterocycles. The van der Waals surface area contributed by atoms with Crippen molar-refractivity contribution in [3.8, 4) is 0 Å². The maximum Gasteiger partial charge on any atom is 0.0476 e. The van der Waals surface area contributed by atoms with Gasteiger partial charge in [0.2, 0.25) is 0 Å². The van der Waals surface area contributed by atoms with Crippen molar-refractivity contribution in [1.29, 1.82) is 0 Å². The first kappa shape index (κ1) is 6.71. The van der Waals surface area contributed by atoms with Gasteiger partial charge < -0.3 is 4.90 Å². The summed E-state index contributed by atoms with van der Waals surface area (Å²) in [6, 6.07) is 9.51. The predicted octanol–water partition coefficient (Wildman–Crippen LogP) is 1.87. The maximum absolute atomic E-state index is 3.26. The molecule has 0 atom stereocenters. The Bertz CT molecular complexity index is 255. The standard InChI is InChI=1S/C10H12N/c1-11-8-4-6-9-5-2-3-7-10(9)11/h2-3,5H,4,6,8H2,1H3. The van der Waals surface area contributed by atoms with Gasteiger partial charge in [-0.1, -0.05) is 18.2 Å². The fourth-order valence-corrected chi connectivity index (χ4v) is 1.64. The van der Waals surface area contributed by atoms with Gasteiger partial charge in [-0.3, -0.25) is 0 Å². The van der Waals surface area contributed by atoms with E-state index in [1.807, 2.05) is 6.07 Å². The summed E-state index contributed by atoms with van der Waals surface area (Å²) in [5.74, 6) is 0. The van der Waals surface area contributed by atoms with Crippen molar-refractivity contribution in [3.05, 3.63) is 29.8 Å². The van der Waals surface area contributed by atoms with Crippen molar-refractivity contribution < 1.29 is 0 Å². The van der Waals surface area contributed by atoms with Crippen molar-refractivity contribution in [2.75, 3.05) is 18.5 Å². The molecule has 0 aliphatic carbocycles. The van der Waals surface area contributed by atoms with Crippen LogP contribution in [0.1, 0.15) is 12.0 Å². The van der Waals surface area contributed by atoms with E-state index in [0.717, 1.165) is 0 Å². The first-order valence-corrected chi connectivity index (χ1v) is 4.08. The number of hydrogen-bond acceptors (Lipinski definition) is 1. The quantitative estimate of drug-likeness (QED) is 0.540. The molecule has 1 aliphatic rings. The summed E-state index contributed by atoms with van der Waals surface area (Å²) < 4.78 is 0. The average molecular weight is 146 g/mol. The molecule has 1 heteroatoms. The SMILES string of the molecule is CN1CCCc2ccc[c]c21. The Morgan fingerprint density at radius 2 is 2.45 bits per heavy atom. The number of benzene rings is 1. The third-order valence-electron chi connectivity index (χ3n) is 2.24. The minimum atomic E-state index is 1.17. The molecule has 2 rings (SSSR count). The Kier molecular flexibility index (Phi) is 1.57. The lowest BCUT2D eigenvalue weighted by Crippen LogP contribution is -2.24. The van der Waals surface area contributed by atoms with Crippen molar-refractivity contribution in [3.63, 3.8) is 0 Å². The van der Waals surface area contributed by atoms with Gasteiger partial charge in [-0.25, -0.2) is 0 Å². The second-order valence-corrected chi connectivity index (χ2v) is 3.07. The van der Waals surface area contributed by atoms with E-state index in [1.165, 1.54) is 30.6 Å². The van der Waals surface area contributed by atoms with Gasteiger partial charge in [0.1, 0.15) is 0 Å². The van der Waals surface area contributed by atoms with Crippen LogP contribution >= 0.6 is 0 Å². The molecule has 0 saturated heterocycles. The van der Waals surface area contributed by atoms with Crippen molar-refractivity contribution in [2.45, 2.75) is 12.8 Å². The van der Waals surface area contributed by atoms with E-state index >= 15 is 0 Å². The monoisotopic (exact) mass is 146 g/mol. The Morgan fingerprint density at radius 3 is 3.27 bits per heavy atom. The fraction of sp³-hybridized carbons (Fsp3) is 0.400. The highest BCUT2D eigenvalue weighted by molar-refractivity contribution is 5.53. The highest BCUT2D eigenvalue weighted by Crippen LogP contribution is 2.24. The Morgan fingerprint density at radius 1 is 1.55 bits per heavy atom. The normalized spacial score (nSPS) is 16.3. The van der Waals surface area contributed by atoms with E-state index in [0.29, 0.717) is 0 Å². The molecule has 1 aromatic rings. The summed E-state index contributed by atoms with van der Waals surface area (Å²) in [4.78, 5) is 2.28. The van der Waals surface area contributed by atoms with Crippen LogP contribution in [0.25, 0.3) is 0 Å². The van der Waals surface area contributed by atoms with Crippen LogP contribution in [-0.2, 0) is 6.42 Å². The smallest absolute Gasteiger partial charge is 0.0476 e. The summed E-state index contributed by atoms with van der Waals surface area (Å²) in [5, 5.41) is 0. The number of para-hydroxylation sites is 1. The molecule has 1 aliphatic heterocycles. The summed E-state index contributed by atoms with van der Waals surface area (Å²) in [6.07, 6.45) is 2.50. The Hall–Kier alpha value is -0.980. The molecule has 1 radical (unpaired) electrons. The van der Waals surface area contributed by atoms with Crippen LogP contribution in [0.3, 0.4) is 0 Å². The first-order valence-electron chi connectivity index (χ1n) is 4.08. The summed E-state index contributed by atoms with van der Waals surface area (Å²) >= 11 is 0. The van der Waals surface area contributed by atoms with E-state index in [9.17, 15) is 0 Å². The minimum Gasteiger partial charge on any atom is -0.374 e. The second-order valence-electron chi connectivity index (χ2n) is 3.07. The van der Waals surface area contributed by atoms with E-state index in [-0.39, 0.29) is 0 Å². The number of fused-ring (bicyclic) bond motifs is 1. The molecular weight excluding hydrogens is 134 g/mol. The third kappa shape index (κ3) is 1.11. The van der Waals surface area contributed by atoms with Crippen LogP contribution in [0.2, 0.25) is 0 Å². The predicted molar refractivity (Wildman–Crippen MR) is 46.9 cm³/mol. The fourth-order valence-electron chi connectivity index (χ4n) is 1.64. The average Bonchev–Trinajstić information content (AvgIpc) is 2.06. The summed E-state index contributed by atoms with van der Waals surface area (Å²) in [6.45, 7) is 1.17. The number of rotatable bonds is 0. The van der Waals surface area contributed by atoms with Gasteiger partial charge in [-0.2, -0.15) is 0 Å². The van der Waals surface area contributed by atoms with Crippen LogP contribution in [-0.4, -0.2) is 13.6 Å². The lowest BCUT2D eigenvalue weighted by Gasteiger charge is -2.26. The topological polar surface area (TPSA) is 3.24 Å². The van der Waals surface area contributed by atoms with Gasteiger partial charge in [0.25, 0.3) is 0 Å². The van der Waals surface area contributed by atoms with E-state index in [2.05, 4.69) is 30.1 Å². The number of nitrogens with zero attached hydrogens (tertiary/aromatic N) is 1. The molecule has 0 amide bonds. The number of anilines is 1. The molecule has 0 saturated carbocycles. The molecule has 0 fully saturated rings. The molecule has 0 aromatic heterocycles. The zero-order valence-corrected chi connectivity index (χ0v) is 6.80. The minimum absolute atomic E-state index is 1.17. The lowest BCUT2D eigenvalue weighted by molar-refractivity contribution is 0.744. The van der Waals surface area contributed by atoms with Crippen LogP contribution in [0.4, 0.5) is 5.69 Å². The maximum atomic E-state index is 3.26. The molecular formula is C10H12N. The Labute approximate surface area is 67.6 Å². The summed E-state index contributed by atoms with van der Waals surface area (Å²) in [5.41, 5.74) is 2.74.